The van der Waals surface area contributed by atoms with Gasteiger partial charge >= 0.3 is 0 Å². The number of halogens is 1. The van der Waals surface area contributed by atoms with E-state index >= 15 is 0 Å². The van der Waals surface area contributed by atoms with Gasteiger partial charge in [-0.05, 0) is 37.3 Å². The Morgan fingerprint density at radius 3 is 2.79 bits per heavy atom. The minimum atomic E-state index is 0.0500. The third-order valence-corrected chi connectivity index (χ3v) is 3.80. The van der Waals surface area contributed by atoms with E-state index in [0.717, 1.165) is 31.6 Å². The van der Waals surface area contributed by atoms with Gasteiger partial charge in [0.1, 0.15) is 5.75 Å². The molecule has 0 aliphatic heterocycles. The van der Waals surface area contributed by atoms with Crippen molar-refractivity contribution in [3.63, 3.8) is 0 Å². The van der Waals surface area contributed by atoms with Gasteiger partial charge in [0.15, 0.2) is 0 Å². The standard InChI is InChI=1S/C15H20ClNO2/c16-13-7-6-12(10-13)11-17-15(18)8-9-19-14-4-2-1-3-5-14/h1-5,12-13H,6-11H2,(H,17,18). The highest BCUT2D eigenvalue weighted by molar-refractivity contribution is 6.20. The second-order valence-electron chi connectivity index (χ2n) is 4.99. The smallest absolute Gasteiger partial charge is 0.223 e. The van der Waals surface area contributed by atoms with E-state index in [4.69, 9.17) is 16.3 Å². The van der Waals surface area contributed by atoms with Gasteiger partial charge in [0.05, 0.1) is 13.0 Å². The lowest BCUT2D eigenvalue weighted by atomic mass is 10.1. The minimum absolute atomic E-state index is 0.0500. The van der Waals surface area contributed by atoms with Crippen LogP contribution in [0.4, 0.5) is 0 Å². The third-order valence-electron chi connectivity index (χ3n) is 3.41. The van der Waals surface area contributed by atoms with Gasteiger partial charge in [-0.15, -0.1) is 11.6 Å². The molecule has 1 aliphatic carbocycles. The molecular weight excluding hydrogens is 262 g/mol. The monoisotopic (exact) mass is 281 g/mol. The van der Waals surface area contributed by atoms with Gasteiger partial charge in [0, 0.05) is 11.9 Å². The SMILES string of the molecule is O=C(CCOc1ccccc1)NCC1CCC(Cl)C1. The van der Waals surface area contributed by atoms with Crippen LogP contribution >= 0.6 is 11.6 Å². The number of ether oxygens (including phenoxy) is 1. The van der Waals surface area contributed by atoms with Crippen molar-refractivity contribution in [1.29, 1.82) is 0 Å². The molecule has 2 unspecified atom stereocenters. The van der Waals surface area contributed by atoms with Crippen molar-refractivity contribution in [1.82, 2.24) is 5.32 Å². The molecule has 0 bridgehead atoms. The lowest BCUT2D eigenvalue weighted by Gasteiger charge is -2.11. The van der Waals surface area contributed by atoms with Crippen molar-refractivity contribution in [3.05, 3.63) is 30.3 Å². The summed E-state index contributed by atoms with van der Waals surface area (Å²) in [5.41, 5.74) is 0. The van der Waals surface area contributed by atoms with E-state index in [0.29, 0.717) is 24.3 Å². The largest absolute Gasteiger partial charge is 0.493 e. The number of nitrogens with one attached hydrogen (secondary N) is 1. The summed E-state index contributed by atoms with van der Waals surface area (Å²) in [7, 11) is 0. The molecule has 2 atom stereocenters. The second-order valence-corrected chi connectivity index (χ2v) is 5.61. The predicted octanol–water partition coefficient (Wildman–Crippen LogP) is 2.98. The second kappa shape index (κ2) is 7.39. The quantitative estimate of drug-likeness (QED) is 0.814. The predicted molar refractivity (Wildman–Crippen MR) is 76.5 cm³/mol. The fraction of sp³-hybridized carbons (Fsp3) is 0.533. The molecule has 0 spiro atoms. The molecule has 1 aliphatic rings. The van der Waals surface area contributed by atoms with Crippen molar-refractivity contribution >= 4 is 17.5 Å². The fourth-order valence-electron chi connectivity index (χ4n) is 2.32. The van der Waals surface area contributed by atoms with Gasteiger partial charge in [-0.3, -0.25) is 4.79 Å². The summed E-state index contributed by atoms with van der Waals surface area (Å²) in [4.78, 5) is 11.6. The molecular formula is C15H20ClNO2. The Hall–Kier alpha value is -1.22. The van der Waals surface area contributed by atoms with E-state index in [-0.39, 0.29) is 5.91 Å². The molecule has 3 nitrogen and oxygen atoms in total. The van der Waals surface area contributed by atoms with Crippen molar-refractivity contribution in [2.75, 3.05) is 13.2 Å². The number of benzene rings is 1. The van der Waals surface area contributed by atoms with Crippen LogP contribution in [0.1, 0.15) is 25.7 Å². The molecule has 1 N–H and O–H groups in total. The van der Waals surface area contributed by atoms with Crippen LogP contribution in [0.25, 0.3) is 0 Å². The number of para-hydroxylation sites is 1. The topological polar surface area (TPSA) is 38.3 Å². The van der Waals surface area contributed by atoms with Gasteiger partial charge in [-0.1, -0.05) is 18.2 Å². The minimum Gasteiger partial charge on any atom is -0.493 e. The molecule has 0 radical (unpaired) electrons. The zero-order valence-corrected chi connectivity index (χ0v) is 11.7. The number of hydrogen-bond acceptors (Lipinski definition) is 2. The van der Waals surface area contributed by atoms with Crippen molar-refractivity contribution < 1.29 is 9.53 Å². The number of rotatable bonds is 6. The average molecular weight is 282 g/mol. The zero-order chi connectivity index (χ0) is 13.5. The summed E-state index contributed by atoms with van der Waals surface area (Å²) >= 11 is 6.04. The highest BCUT2D eigenvalue weighted by Gasteiger charge is 2.22. The molecule has 0 saturated heterocycles. The molecule has 1 saturated carbocycles. The zero-order valence-electron chi connectivity index (χ0n) is 11.0. The van der Waals surface area contributed by atoms with Crippen LogP contribution in [0.2, 0.25) is 0 Å². The first-order chi connectivity index (χ1) is 9.24. The highest BCUT2D eigenvalue weighted by Crippen LogP contribution is 2.28. The van der Waals surface area contributed by atoms with Crippen LogP contribution in [0, 0.1) is 5.92 Å². The Bertz CT molecular complexity index is 396. The lowest BCUT2D eigenvalue weighted by molar-refractivity contribution is -0.121. The molecule has 1 fully saturated rings. The van der Waals surface area contributed by atoms with Crippen LogP contribution < -0.4 is 10.1 Å². The first kappa shape index (κ1) is 14.2. The lowest BCUT2D eigenvalue weighted by Crippen LogP contribution is -2.29. The van der Waals surface area contributed by atoms with Crippen molar-refractivity contribution in [2.45, 2.75) is 31.1 Å². The van der Waals surface area contributed by atoms with Crippen LogP contribution in [-0.4, -0.2) is 24.4 Å². The first-order valence-corrected chi connectivity index (χ1v) is 7.26. The summed E-state index contributed by atoms with van der Waals surface area (Å²) in [5.74, 6) is 1.39. The first-order valence-electron chi connectivity index (χ1n) is 6.82. The Labute approximate surface area is 119 Å². The Kier molecular flexibility index (Phi) is 5.52. The van der Waals surface area contributed by atoms with E-state index in [9.17, 15) is 4.79 Å². The number of alkyl halides is 1. The normalized spacial score (nSPS) is 22.2. The number of carbonyl (C=O) groups excluding carboxylic acids is 1. The maximum atomic E-state index is 11.6. The van der Waals surface area contributed by atoms with Gasteiger partial charge in [-0.2, -0.15) is 0 Å². The summed E-state index contributed by atoms with van der Waals surface area (Å²) in [5, 5.41) is 3.25. The highest BCUT2D eigenvalue weighted by atomic mass is 35.5. The number of carbonyl (C=O) groups is 1. The molecule has 4 heteroatoms. The Morgan fingerprint density at radius 1 is 1.32 bits per heavy atom. The Balaban J connectivity index is 1.57. The molecule has 104 valence electrons. The van der Waals surface area contributed by atoms with E-state index in [1.807, 2.05) is 30.3 Å². The van der Waals surface area contributed by atoms with Crippen LogP contribution in [0.15, 0.2) is 30.3 Å². The van der Waals surface area contributed by atoms with E-state index in [2.05, 4.69) is 5.32 Å². The van der Waals surface area contributed by atoms with Gasteiger partial charge in [0.2, 0.25) is 5.91 Å². The molecule has 1 aromatic carbocycles. The summed E-state index contributed by atoms with van der Waals surface area (Å²) in [6.07, 6.45) is 3.60. The van der Waals surface area contributed by atoms with Gasteiger partial charge in [0.25, 0.3) is 0 Å². The maximum Gasteiger partial charge on any atom is 0.223 e. The maximum absolute atomic E-state index is 11.6. The van der Waals surface area contributed by atoms with Crippen LogP contribution in [-0.2, 0) is 4.79 Å². The molecule has 2 rings (SSSR count). The molecule has 19 heavy (non-hydrogen) atoms. The van der Waals surface area contributed by atoms with Crippen molar-refractivity contribution in [3.8, 4) is 5.75 Å². The molecule has 1 aromatic rings. The van der Waals surface area contributed by atoms with Gasteiger partial charge in [-0.25, -0.2) is 0 Å². The third kappa shape index (κ3) is 5.11. The van der Waals surface area contributed by atoms with Gasteiger partial charge < -0.3 is 10.1 Å². The van der Waals surface area contributed by atoms with E-state index in [1.165, 1.54) is 0 Å². The van der Waals surface area contributed by atoms with E-state index in [1.54, 1.807) is 0 Å². The Morgan fingerprint density at radius 2 is 2.11 bits per heavy atom. The van der Waals surface area contributed by atoms with E-state index < -0.39 is 0 Å². The average Bonchev–Trinajstić information content (AvgIpc) is 2.83. The fourth-order valence-corrected chi connectivity index (χ4v) is 2.70. The molecule has 1 amide bonds. The summed E-state index contributed by atoms with van der Waals surface area (Å²) in [6.45, 7) is 1.16. The molecule has 0 heterocycles. The van der Waals surface area contributed by atoms with Crippen molar-refractivity contribution in [2.24, 2.45) is 5.92 Å². The van der Waals surface area contributed by atoms with Crippen LogP contribution in [0.3, 0.4) is 0 Å². The number of amides is 1. The summed E-state index contributed by atoms with van der Waals surface area (Å²) in [6, 6.07) is 9.54. The summed E-state index contributed by atoms with van der Waals surface area (Å²) < 4.78 is 5.48. The van der Waals surface area contributed by atoms with Crippen LogP contribution in [0.5, 0.6) is 5.75 Å². The molecule has 0 aromatic heterocycles. The number of hydrogen-bond donors (Lipinski definition) is 1.